The number of aryl methyl sites for hydroxylation is 1. The number of nitrogens with one attached hydrogen (secondary N) is 2. The van der Waals surface area contributed by atoms with Gasteiger partial charge in [-0.05, 0) is 108 Å². The molecule has 2 aromatic rings. The van der Waals surface area contributed by atoms with Crippen molar-refractivity contribution >= 4 is 11.8 Å². The molecule has 1 aliphatic heterocycles. The number of ether oxygens (including phenoxy) is 3. The van der Waals surface area contributed by atoms with Crippen molar-refractivity contribution in [2.45, 2.75) is 96.2 Å². The van der Waals surface area contributed by atoms with E-state index in [0.717, 1.165) is 86.1 Å². The zero-order valence-electron chi connectivity index (χ0n) is 26.0. The molecule has 0 amide bonds. The maximum Gasteiger partial charge on any atom is 0.338 e. The predicted molar refractivity (Wildman–Crippen MR) is 165 cm³/mol. The quantitative estimate of drug-likeness (QED) is 0.297. The lowest BCUT2D eigenvalue weighted by atomic mass is 9.82. The molecular formula is C34H47N5O4. The van der Waals surface area contributed by atoms with E-state index in [4.69, 9.17) is 24.2 Å². The van der Waals surface area contributed by atoms with E-state index < -0.39 is 11.0 Å². The maximum absolute atomic E-state index is 12.2. The SMILES string of the molecule is CCOC(=O)C1(OC[C@@H](C)NC2CCC(Cc3cc(-c4cccc(NCC5(C#N)CCOCC5)n4)c(C)cn3)CC2)CC1. The van der Waals surface area contributed by atoms with Crippen LogP contribution in [-0.4, -0.2) is 66.6 Å². The number of pyridine rings is 2. The zero-order chi connectivity index (χ0) is 30.3. The summed E-state index contributed by atoms with van der Waals surface area (Å²) in [5.41, 5.74) is 3.14. The molecule has 43 heavy (non-hydrogen) atoms. The van der Waals surface area contributed by atoms with Crippen molar-refractivity contribution < 1.29 is 19.0 Å². The summed E-state index contributed by atoms with van der Waals surface area (Å²) in [6, 6.07) is 11.4. The number of nitriles is 1. The summed E-state index contributed by atoms with van der Waals surface area (Å²) in [5, 5.41) is 16.9. The second kappa shape index (κ2) is 14.1. The molecule has 0 aromatic carbocycles. The number of rotatable bonds is 13. The highest BCUT2D eigenvalue weighted by Gasteiger charge is 2.53. The molecule has 3 aliphatic rings. The van der Waals surface area contributed by atoms with Gasteiger partial charge in [0.05, 0.1) is 30.4 Å². The summed E-state index contributed by atoms with van der Waals surface area (Å²) < 4.78 is 16.7. The lowest BCUT2D eigenvalue weighted by Crippen LogP contribution is -2.43. The zero-order valence-corrected chi connectivity index (χ0v) is 26.0. The highest BCUT2D eigenvalue weighted by molar-refractivity contribution is 5.82. The van der Waals surface area contributed by atoms with E-state index in [0.29, 0.717) is 44.9 Å². The van der Waals surface area contributed by atoms with Gasteiger partial charge in [0.2, 0.25) is 0 Å². The Morgan fingerprint density at radius 2 is 1.95 bits per heavy atom. The molecule has 2 aliphatic carbocycles. The van der Waals surface area contributed by atoms with Crippen LogP contribution in [0.4, 0.5) is 5.82 Å². The lowest BCUT2D eigenvalue weighted by molar-refractivity contribution is -0.160. The summed E-state index contributed by atoms with van der Waals surface area (Å²) in [6.45, 7) is 8.80. The molecule has 0 radical (unpaired) electrons. The molecule has 1 atom stereocenters. The number of esters is 1. The monoisotopic (exact) mass is 589 g/mol. The first-order valence-corrected chi connectivity index (χ1v) is 16.1. The number of hydrogen-bond donors (Lipinski definition) is 2. The number of hydrogen-bond acceptors (Lipinski definition) is 9. The van der Waals surface area contributed by atoms with Crippen molar-refractivity contribution in [3.05, 3.63) is 41.7 Å². The topological polar surface area (TPSA) is 118 Å². The normalized spacial score (nSPS) is 23.1. The molecule has 3 fully saturated rings. The molecular weight excluding hydrogens is 542 g/mol. The fourth-order valence-corrected chi connectivity index (χ4v) is 6.34. The second-order valence-electron chi connectivity index (χ2n) is 12.8. The van der Waals surface area contributed by atoms with Gasteiger partial charge in [0.25, 0.3) is 0 Å². The van der Waals surface area contributed by atoms with Gasteiger partial charge in [-0.25, -0.2) is 9.78 Å². The molecule has 5 rings (SSSR count). The van der Waals surface area contributed by atoms with E-state index in [1.54, 1.807) is 0 Å². The minimum Gasteiger partial charge on any atom is -0.464 e. The molecule has 9 heteroatoms. The first kappa shape index (κ1) is 31.4. The molecule has 0 unspecified atom stereocenters. The van der Waals surface area contributed by atoms with Gasteiger partial charge in [-0.3, -0.25) is 4.98 Å². The van der Waals surface area contributed by atoms with Crippen LogP contribution in [0.5, 0.6) is 0 Å². The third-order valence-electron chi connectivity index (χ3n) is 9.31. The van der Waals surface area contributed by atoms with Crippen LogP contribution < -0.4 is 10.6 Å². The van der Waals surface area contributed by atoms with Crippen LogP contribution >= 0.6 is 0 Å². The Bertz CT molecular complexity index is 1280. The van der Waals surface area contributed by atoms with E-state index in [2.05, 4.69) is 36.6 Å². The second-order valence-corrected chi connectivity index (χ2v) is 12.8. The Hall–Kier alpha value is -3.06. The Kier molecular flexibility index (Phi) is 10.3. The first-order valence-electron chi connectivity index (χ1n) is 16.1. The number of carbonyl (C=O) groups is 1. The minimum absolute atomic E-state index is 0.189. The number of nitrogens with zero attached hydrogens (tertiary/aromatic N) is 3. The molecule has 3 heterocycles. The minimum atomic E-state index is -0.693. The van der Waals surface area contributed by atoms with E-state index in [1.807, 2.05) is 31.3 Å². The van der Waals surface area contributed by atoms with Crippen LogP contribution in [0.15, 0.2) is 30.5 Å². The van der Waals surface area contributed by atoms with Gasteiger partial charge < -0.3 is 24.8 Å². The molecule has 2 N–H and O–H groups in total. The van der Waals surface area contributed by atoms with Crippen molar-refractivity contribution in [1.82, 2.24) is 15.3 Å². The van der Waals surface area contributed by atoms with Crippen molar-refractivity contribution in [1.29, 1.82) is 5.26 Å². The van der Waals surface area contributed by atoms with Crippen LogP contribution in [0.25, 0.3) is 11.3 Å². The smallest absolute Gasteiger partial charge is 0.338 e. The van der Waals surface area contributed by atoms with Gasteiger partial charge in [0.1, 0.15) is 5.82 Å². The van der Waals surface area contributed by atoms with Gasteiger partial charge in [-0.2, -0.15) is 5.26 Å². The molecule has 2 saturated carbocycles. The van der Waals surface area contributed by atoms with E-state index in [-0.39, 0.29) is 12.0 Å². The first-order chi connectivity index (χ1) is 20.8. The van der Waals surface area contributed by atoms with Gasteiger partial charge >= 0.3 is 5.97 Å². The third-order valence-corrected chi connectivity index (χ3v) is 9.31. The van der Waals surface area contributed by atoms with Crippen molar-refractivity contribution in [3.8, 4) is 17.3 Å². The lowest BCUT2D eigenvalue weighted by Gasteiger charge is -2.31. The van der Waals surface area contributed by atoms with Gasteiger partial charge in [-0.15, -0.1) is 0 Å². The Balaban J connectivity index is 1.11. The summed E-state index contributed by atoms with van der Waals surface area (Å²) in [4.78, 5) is 21.9. The molecule has 0 spiro atoms. The van der Waals surface area contributed by atoms with Gasteiger partial charge in [0, 0.05) is 49.3 Å². The molecule has 1 saturated heterocycles. The van der Waals surface area contributed by atoms with E-state index >= 15 is 0 Å². The maximum atomic E-state index is 12.2. The third kappa shape index (κ3) is 8.11. The van der Waals surface area contributed by atoms with Crippen LogP contribution in [0.3, 0.4) is 0 Å². The summed E-state index contributed by atoms with van der Waals surface area (Å²) in [5.74, 6) is 1.18. The fraction of sp³-hybridized carbons (Fsp3) is 0.647. The standard InChI is InChI=1S/C34H47N5O4/c1-4-42-32(40)34(12-13-34)43-21-25(3)38-27-10-8-26(9-11-27)18-28-19-29(24(2)20-36-28)30-6-5-7-31(39-30)37-23-33(22-35)14-16-41-17-15-33/h5-7,19-20,25-27,38H,4,8-18,21,23H2,1-3H3,(H,37,39)/t25-,26?,27?/m1/s1. The number of anilines is 1. The average Bonchev–Trinajstić information content (AvgIpc) is 3.83. The molecule has 9 nitrogen and oxygen atoms in total. The van der Waals surface area contributed by atoms with Crippen molar-refractivity contribution in [2.24, 2.45) is 11.3 Å². The summed E-state index contributed by atoms with van der Waals surface area (Å²) in [6.07, 6.45) is 10.5. The van der Waals surface area contributed by atoms with Crippen LogP contribution in [0, 0.1) is 29.6 Å². The number of carbonyl (C=O) groups excluding carboxylic acids is 1. The van der Waals surface area contributed by atoms with Crippen LogP contribution in [-0.2, 0) is 25.4 Å². The van der Waals surface area contributed by atoms with Crippen molar-refractivity contribution in [2.75, 3.05) is 38.3 Å². The summed E-state index contributed by atoms with van der Waals surface area (Å²) in [7, 11) is 0. The predicted octanol–water partition coefficient (Wildman–Crippen LogP) is 5.38. The largest absolute Gasteiger partial charge is 0.464 e. The van der Waals surface area contributed by atoms with Gasteiger partial charge in [0.15, 0.2) is 5.60 Å². The molecule has 232 valence electrons. The highest BCUT2D eigenvalue weighted by atomic mass is 16.6. The number of aromatic nitrogens is 2. The fourth-order valence-electron chi connectivity index (χ4n) is 6.34. The van der Waals surface area contributed by atoms with E-state index in [9.17, 15) is 10.1 Å². The van der Waals surface area contributed by atoms with Crippen LogP contribution in [0.2, 0.25) is 0 Å². The Morgan fingerprint density at radius 3 is 2.65 bits per heavy atom. The molecule has 0 bridgehead atoms. The van der Waals surface area contributed by atoms with Crippen LogP contribution in [0.1, 0.15) is 76.5 Å². The highest BCUT2D eigenvalue weighted by Crippen LogP contribution is 2.41. The Labute approximate surface area is 256 Å². The van der Waals surface area contributed by atoms with Gasteiger partial charge in [-0.1, -0.05) is 6.07 Å². The Morgan fingerprint density at radius 1 is 1.19 bits per heavy atom. The average molecular weight is 590 g/mol. The van der Waals surface area contributed by atoms with Crippen molar-refractivity contribution in [3.63, 3.8) is 0 Å². The van der Waals surface area contributed by atoms with E-state index in [1.165, 1.54) is 0 Å². The molecule has 2 aromatic heterocycles. The summed E-state index contributed by atoms with van der Waals surface area (Å²) >= 11 is 0.